The lowest BCUT2D eigenvalue weighted by Gasteiger charge is -2.24. The van der Waals surface area contributed by atoms with E-state index in [1.807, 2.05) is 0 Å². The van der Waals surface area contributed by atoms with Crippen LogP contribution in [0, 0.1) is 23.7 Å². The molecular formula is C25H34. The van der Waals surface area contributed by atoms with Crippen molar-refractivity contribution in [3.63, 3.8) is 0 Å². The lowest BCUT2D eigenvalue weighted by molar-refractivity contribution is 0.356. The standard InChI is InChI=1S/C25H34/c1-3-5-7-11-23-18-20-25(21-19-23)13-9-8-12-24-16-14-22(15-17-24)10-6-4-2/h6,8,10,12,18-22,24H,3-5,7,11,14-17H2,1-2H3/b10-6+,12-8+. The van der Waals surface area contributed by atoms with Gasteiger partial charge in [0, 0.05) is 5.56 Å². The zero-order valence-corrected chi connectivity index (χ0v) is 16.1. The van der Waals surface area contributed by atoms with Crippen LogP contribution in [0.1, 0.15) is 76.3 Å². The third kappa shape index (κ3) is 7.78. The van der Waals surface area contributed by atoms with Crippen LogP contribution in [0.25, 0.3) is 0 Å². The molecule has 0 amide bonds. The maximum absolute atomic E-state index is 3.27. The Kier molecular flexibility index (Phi) is 9.21. The lowest BCUT2D eigenvalue weighted by atomic mass is 9.81. The summed E-state index contributed by atoms with van der Waals surface area (Å²) in [5.74, 6) is 8.02. The fraction of sp³-hybridized carbons (Fsp3) is 0.520. The first-order chi connectivity index (χ1) is 12.3. The van der Waals surface area contributed by atoms with Gasteiger partial charge in [-0.2, -0.15) is 0 Å². The molecule has 0 unspecified atom stereocenters. The Bertz CT molecular complexity index is 583. The Balaban J connectivity index is 1.74. The van der Waals surface area contributed by atoms with Crippen LogP contribution in [0.3, 0.4) is 0 Å². The van der Waals surface area contributed by atoms with Gasteiger partial charge in [-0.25, -0.2) is 0 Å². The second-order valence-corrected chi connectivity index (χ2v) is 7.29. The van der Waals surface area contributed by atoms with Crippen molar-refractivity contribution in [3.05, 3.63) is 59.7 Å². The molecule has 0 heteroatoms. The summed E-state index contributed by atoms with van der Waals surface area (Å²) in [7, 11) is 0. The molecule has 1 saturated carbocycles. The molecule has 134 valence electrons. The van der Waals surface area contributed by atoms with Crippen LogP contribution in [0.15, 0.2) is 48.6 Å². The molecule has 1 aromatic carbocycles. The molecule has 1 fully saturated rings. The minimum atomic E-state index is 0.724. The van der Waals surface area contributed by atoms with Crippen LogP contribution in [-0.4, -0.2) is 0 Å². The predicted octanol–water partition coefficient (Wildman–Crippen LogP) is 7.10. The monoisotopic (exact) mass is 334 g/mol. The number of unbranched alkanes of at least 4 members (excludes halogenated alkanes) is 2. The highest BCUT2D eigenvalue weighted by molar-refractivity contribution is 5.38. The third-order valence-electron chi connectivity index (χ3n) is 5.15. The highest BCUT2D eigenvalue weighted by Gasteiger charge is 2.16. The number of allylic oxidation sites excluding steroid dienone is 4. The summed E-state index contributed by atoms with van der Waals surface area (Å²) in [6.45, 7) is 4.46. The van der Waals surface area contributed by atoms with E-state index in [4.69, 9.17) is 0 Å². The minimum Gasteiger partial charge on any atom is -0.0885 e. The minimum absolute atomic E-state index is 0.724. The highest BCUT2D eigenvalue weighted by Crippen LogP contribution is 2.30. The van der Waals surface area contributed by atoms with Crippen molar-refractivity contribution in [2.75, 3.05) is 0 Å². The number of rotatable bonds is 7. The van der Waals surface area contributed by atoms with Gasteiger partial charge in [0.1, 0.15) is 0 Å². The Morgan fingerprint density at radius 2 is 1.60 bits per heavy atom. The second-order valence-electron chi connectivity index (χ2n) is 7.29. The molecule has 0 saturated heterocycles. The van der Waals surface area contributed by atoms with Crippen LogP contribution in [0.5, 0.6) is 0 Å². The molecule has 25 heavy (non-hydrogen) atoms. The SMILES string of the molecule is CC/C=C/C1CCC(/C=C/C#Cc2ccc(CCCCC)cc2)CC1. The summed E-state index contributed by atoms with van der Waals surface area (Å²) >= 11 is 0. The Labute approximate surface area is 155 Å². The average Bonchev–Trinajstić information content (AvgIpc) is 2.66. The van der Waals surface area contributed by atoms with E-state index in [0.29, 0.717) is 0 Å². The first kappa shape index (κ1) is 19.6. The van der Waals surface area contributed by atoms with E-state index in [9.17, 15) is 0 Å². The van der Waals surface area contributed by atoms with E-state index in [1.54, 1.807) is 0 Å². The fourth-order valence-corrected chi connectivity index (χ4v) is 3.50. The normalized spacial score (nSPS) is 20.7. The van der Waals surface area contributed by atoms with Crippen LogP contribution < -0.4 is 0 Å². The molecule has 0 nitrogen and oxygen atoms in total. The van der Waals surface area contributed by atoms with Gasteiger partial charge in [0.2, 0.25) is 0 Å². The smallest absolute Gasteiger partial charge is 0.0249 e. The third-order valence-corrected chi connectivity index (χ3v) is 5.15. The molecule has 0 radical (unpaired) electrons. The van der Waals surface area contributed by atoms with Crippen molar-refractivity contribution in [3.8, 4) is 11.8 Å². The van der Waals surface area contributed by atoms with E-state index in [-0.39, 0.29) is 0 Å². The molecule has 0 bridgehead atoms. The summed E-state index contributed by atoms with van der Waals surface area (Å²) in [5, 5.41) is 0. The van der Waals surface area contributed by atoms with Crippen LogP contribution in [-0.2, 0) is 6.42 Å². The summed E-state index contributed by atoms with van der Waals surface area (Å²) < 4.78 is 0. The van der Waals surface area contributed by atoms with E-state index in [1.165, 1.54) is 56.9 Å². The van der Waals surface area contributed by atoms with Crippen molar-refractivity contribution in [2.24, 2.45) is 11.8 Å². The molecule has 0 N–H and O–H groups in total. The van der Waals surface area contributed by atoms with Crippen LogP contribution in [0.4, 0.5) is 0 Å². The Hall–Kier alpha value is -1.74. The first-order valence-corrected chi connectivity index (χ1v) is 10.3. The maximum atomic E-state index is 3.27. The molecule has 1 aliphatic rings. The van der Waals surface area contributed by atoms with E-state index < -0.39 is 0 Å². The van der Waals surface area contributed by atoms with E-state index in [0.717, 1.165) is 23.8 Å². The van der Waals surface area contributed by atoms with Gasteiger partial charge in [0.15, 0.2) is 0 Å². The predicted molar refractivity (Wildman–Crippen MR) is 111 cm³/mol. The van der Waals surface area contributed by atoms with Crippen molar-refractivity contribution in [1.82, 2.24) is 0 Å². The molecule has 2 rings (SSSR count). The summed E-state index contributed by atoms with van der Waals surface area (Å²) in [6.07, 6.45) is 20.7. The van der Waals surface area contributed by atoms with Gasteiger partial charge >= 0.3 is 0 Å². The van der Waals surface area contributed by atoms with Gasteiger partial charge in [0.05, 0.1) is 0 Å². The number of benzene rings is 1. The maximum Gasteiger partial charge on any atom is 0.0249 e. The van der Waals surface area contributed by atoms with Crippen molar-refractivity contribution >= 4 is 0 Å². The molecule has 0 heterocycles. The average molecular weight is 335 g/mol. The van der Waals surface area contributed by atoms with E-state index >= 15 is 0 Å². The number of hydrogen-bond donors (Lipinski definition) is 0. The van der Waals surface area contributed by atoms with Crippen molar-refractivity contribution < 1.29 is 0 Å². The molecule has 0 spiro atoms. The molecule has 0 atom stereocenters. The van der Waals surface area contributed by atoms with Gasteiger partial charge in [-0.3, -0.25) is 0 Å². The van der Waals surface area contributed by atoms with Crippen molar-refractivity contribution in [2.45, 2.75) is 71.6 Å². The quantitative estimate of drug-likeness (QED) is 0.283. The molecule has 1 aromatic rings. The Morgan fingerprint density at radius 3 is 2.24 bits per heavy atom. The topological polar surface area (TPSA) is 0 Å². The van der Waals surface area contributed by atoms with Gasteiger partial charge in [-0.05, 0) is 80.6 Å². The summed E-state index contributed by atoms with van der Waals surface area (Å²) in [6, 6.07) is 8.78. The van der Waals surface area contributed by atoms with Gasteiger partial charge in [0.25, 0.3) is 0 Å². The summed E-state index contributed by atoms with van der Waals surface area (Å²) in [5.41, 5.74) is 2.56. The Morgan fingerprint density at radius 1 is 0.920 bits per heavy atom. The van der Waals surface area contributed by atoms with Crippen molar-refractivity contribution in [1.29, 1.82) is 0 Å². The molecule has 0 aliphatic heterocycles. The van der Waals surface area contributed by atoms with E-state index in [2.05, 4.69) is 74.3 Å². The molecular weight excluding hydrogens is 300 g/mol. The summed E-state index contributed by atoms with van der Waals surface area (Å²) in [4.78, 5) is 0. The van der Waals surface area contributed by atoms with Crippen LogP contribution in [0.2, 0.25) is 0 Å². The zero-order chi connectivity index (χ0) is 17.7. The second kappa shape index (κ2) is 11.8. The number of hydrogen-bond acceptors (Lipinski definition) is 0. The highest BCUT2D eigenvalue weighted by atomic mass is 14.2. The van der Waals surface area contributed by atoms with Gasteiger partial charge in [-0.1, -0.05) is 68.9 Å². The fourth-order valence-electron chi connectivity index (χ4n) is 3.50. The number of aryl methyl sites for hydroxylation is 1. The molecule has 0 aromatic heterocycles. The zero-order valence-electron chi connectivity index (χ0n) is 16.1. The lowest BCUT2D eigenvalue weighted by Crippen LogP contribution is -2.11. The van der Waals surface area contributed by atoms with Gasteiger partial charge in [-0.15, -0.1) is 0 Å². The van der Waals surface area contributed by atoms with Gasteiger partial charge < -0.3 is 0 Å². The van der Waals surface area contributed by atoms with Crippen LogP contribution >= 0.6 is 0 Å². The first-order valence-electron chi connectivity index (χ1n) is 10.3. The largest absolute Gasteiger partial charge is 0.0885 e. The molecule has 1 aliphatic carbocycles.